The molecule has 0 aromatic heterocycles. The van der Waals surface area contributed by atoms with Crippen LogP contribution in [-0.2, 0) is 6.42 Å². The zero-order valence-electron chi connectivity index (χ0n) is 9.07. The number of hydrogen-bond donors (Lipinski definition) is 2. The van der Waals surface area contributed by atoms with Crippen molar-refractivity contribution in [1.29, 1.82) is 0 Å². The van der Waals surface area contributed by atoms with Gasteiger partial charge in [-0.1, -0.05) is 6.07 Å². The number of likely N-dealkylation sites (N-methyl/N-ethyl adjacent to an activating group) is 1. The molecule has 4 heteroatoms. The van der Waals surface area contributed by atoms with E-state index in [9.17, 15) is 4.39 Å². The van der Waals surface area contributed by atoms with E-state index in [4.69, 9.17) is 10.8 Å². The van der Waals surface area contributed by atoms with Crippen molar-refractivity contribution in [2.24, 2.45) is 5.73 Å². The van der Waals surface area contributed by atoms with E-state index in [0.29, 0.717) is 13.0 Å². The van der Waals surface area contributed by atoms with Gasteiger partial charge in [0.2, 0.25) is 0 Å². The molecule has 0 heterocycles. The van der Waals surface area contributed by atoms with E-state index in [1.165, 1.54) is 12.1 Å². The molecule has 0 amide bonds. The summed E-state index contributed by atoms with van der Waals surface area (Å²) in [6.45, 7) is 0.523. The van der Waals surface area contributed by atoms with Gasteiger partial charge in [-0.3, -0.25) is 0 Å². The van der Waals surface area contributed by atoms with Crippen LogP contribution in [0.4, 0.5) is 4.39 Å². The summed E-state index contributed by atoms with van der Waals surface area (Å²) >= 11 is 0. The molecular weight excluding hydrogens is 195 g/mol. The Hall–Kier alpha value is -1.13. The molecule has 3 nitrogen and oxygen atoms in total. The molecule has 84 valence electrons. The number of aromatic hydroxyl groups is 1. The van der Waals surface area contributed by atoms with E-state index >= 15 is 0 Å². The summed E-state index contributed by atoms with van der Waals surface area (Å²) in [6.07, 6.45) is 0.681. The Kier molecular flexibility index (Phi) is 4.05. The van der Waals surface area contributed by atoms with E-state index in [1.807, 2.05) is 19.0 Å². The number of halogens is 1. The summed E-state index contributed by atoms with van der Waals surface area (Å²) in [7, 11) is 3.88. The number of phenolic OH excluding ortho intramolecular Hbond substituents is 1. The second-order valence-electron chi connectivity index (χ2n) is 3.84. The van der Waals surface area contributed by atoms with Crippen molar-refractivity contribution in [2.45, 2.75) is 12.5 Å². The highest BCUT2D eigenvalue weighted by Crippen LogP contribution is 2.17. The summed E-state index contributed by atoms with van der Waals surface area (Å²) in [4.78, 5) is 2.00. The van der Waals surface area contributed by atoms with Gasteiger partial charge in [-0.05, 0) is 38.2 Å². The first-order valence-electron chi connectivity index (χ1n) is 4.88. The van der Waals surface area contributed by atoms with Crippen molar-refractivity contribution in [2.75, 3.05) is 20.6 Å². The third-order valence-electron chi connectivity index (χ3n) is 2.49. The fourth-order valence-corrected chi connectivity index (χ4v) is 1.43. The Bertz CT molecular complexity index is 328. The largest absolute Gasteiger partial charge is 0.505 e. The fraction of sp³-hybridized carbons (Fsp3) is 0.455. The van der Waals surface area contributed by atoms with Crippen molar-refractivity contribution in [3.05, 3.63) is 29.6 Å². The highest BCUT2D eigenvalue weighted by molar-refractivity contribution is 5.28. The van der Waals surface area contributed by atoms with Crippen LogP contribution in [-0.4, -0.2) is 36.7 Å². The van der Waals surface area contributed by atoms with Crippen molar-refractivity contribution in [1.82, 2.24) is 4.90 Å². The highest BCUT2D eigenvalue weighted by atomic mass is 19.1. The Morgan fingerprint density at radius 2 is 2.13 bits per heavy atom. The maximum absolute atomic E-state index is 13.0. The molecular formula is C11H17FN2O. The minimum absolute atomic E-state index is 0.189. The topological polar surface area (TPSA) is 49.5 Å². The van der Waals surface area contributed by atoms with E-state index in [0.717, 1.165) is 5.56 Å². The fourth-order valence-electron chi connectivity index (χ4n) is 1.43. The predicted molar refractivity (Wildman–Crippen MR) is 58.3 cm³/mol. The van der Waals surface area contributed by atoms with Gasteiger partial charge < -0.3 is 15.7 Å². The summed E-state index contributed by atoms with van der Waals surface area (Å²) in [5, 5.41) is 9.03. The van der Waals surface area contributed by atoms with Gasteiger partial charge in [-0.15, -0.1) is 0 Å². The van der Waals surface area contributed by atoms with Gasteiger partial charge in [0, 0.05) is 12.6 Å². The van der Waals surface area contributed by atoms with Gasteiger partial charge in [0.15, 0.2) is 11.6 Å². The molecule has 3 N–H and O–H groups in total. The van der Waals surface area contributed by atoms with Crippen molar-refractivity contribution in [3.8, 4) is 5.75 Å². The van der Waals surface area contributed by atoms with Gasteiger partial charge in [0.05, 0.1) is 0 Å². The number of nitrogens with two attached hydrogens (primary N) is 1. The van der Waals surface area contributed by atoms with Gasteiger partial charge in [-0.2, -0.15) is 0 Å². The number of hydrogen-bond acceptors (Lipinski definition) is 3. The van der Waals surface area contributed by atoms with E-state index in [1.54, 1.807) is 6.07 Å². The maximum atomic E-state index is 13.0. The van der Waals surface area contributed by atoms with Crippen molar-refractivity contribution < 1.29 is 9.50 Å². The van der Waals surface area contributed by atoms with Crippen LogP contribution in [0.15, 0.2) is 18.2 Å². The molecule has 0 radical (unpaired) electrons. The first-order chi connectivity index (χ1) is 7.04. The summed E-state index contributed by atoms with van der Waals surface area (Å²) in [5.41, 5.74) is 6.45. The zero-order valence-corrected chi connectivity index (χ0v) is 9.07. The SMILES string of the molecule is CN(C)C(CN)Cc1ccc(O)c(F)c1. The van der Waals surface area contributed by atoms with Crippen molar-refractivity contribution >= 4 is 0 Å². The van der Waals surface area contributed by atoms with Crippen LogP contribution in [0.5, 0.6) is 5.75 Å². The summed E-state index contributed by atoms with van der Waals surface area (Å²) in [6, 6.07) is 4.62. The third-order valence-corrected chi connectivity index (χ3v) is 2.49. The molecule has 0 aliphatic heterocycles. The lowest BCUT2D eigenvalue weighted by molar-refractivity contribution is 0.297. The van der Waals surface area contributed by atoms with Crippen LogP contribution >= 0.6 is 0 Å². The van der Waals surface area contributed by atoms with Crippen LogP contribution < -0.4 is 5.73 Å². The lowest BCUT2D eigenvalue weighted by Gasteiger charge is -2.22. The molecule has 0 saturated heterocycles. The molecule has 0 saturated carbocycles. The molecule has 1 unspecified atom stereocenters. The summed E-state index contributed by atoms with van der Waals surface area (Å²) < 4.78 is 13.0. The molecule has 0 fully saturated rings. The van der Waals surface area contributed by atoms with Gasteiger partial charge in [-0.25, -0.2) is 4.39 Å². The Morgan fingerprint density at radius 3 is 2.60 bits per heavy atom. The van der Waals surface area contributed by atoms with Crippen molar-refractivity contribution in [3.63, 3.8) is 0 Å². The molecule has 1 aromatic rings. The average molecular weight is 212 g/mol. The molecule has 1 atom stereocenters. The molecule has 0 aliphatic carbocycles. The smallest absolute Gasteiger partial charge is 0.165 e. The standard InChI is InChI=1S/C11H17FN2O/c1-14(2)9(7-13)5-8-3-4-11(15)10(12)6-8/h3-4,6,9,15H,5,7,13H2,1-2H3. The van der Waals surface area contributed by atoms with Crippen LogP contribution in [0, 0.1) is 5.82 Å². The second-order valence-corrected chi connectivity index (χ2v) is 3.84. The molecule has 0 bridgehead atoms. The molecule has 1 rings (SSSR count). The number of benzene rings is 1. The highest BCUT2D eigenvalue weighted by Gasteiger charge is 2.11. The third kappa shape index (κ3) is 3.18. The molecule has 15 heavy (non-hydrogen) atoms. The first kappa shape index (κ1) is 11.9. The van der Waals surface area contributed by atoms with Crippen LogP contribution in [0.1, 0.15) is 5.56 Å². The first-order valence-corrected chi connectivity index (χ1v) is 4.88. The number of phenols is 1. The maximum Gasteiger partial charge on any atom is 0.165 e. The minimum atomic E-state index is -0.581. The van der Waals surface area contributed by atoms with Crippen LogP contribution in [0.3, 0.4) is 0 Å². The Balaban J connectivity index is 2.75. The Labute approximate surface area is 89.3 Å². The van der Waals surface area contributed by atoms with E-state index < -0.39 is 5.82 Å². The van der Waals surface area contributed by atoms with Gasteiger partial charge in [0.25, 0.3) is 0 Å². The second kappa shape index (κ2) is 5.09. The zero-order chi connectivity index (χ0) is 11.4. The summed E-state index contributed by atoms with van der Waals surface area (Å²) in [5.74, 6) is -0.894. The van der Waals surface area contributed by atoms with Crippen LogP contribution in [0.25, 0.3) is 0 Å². The lowest BCUT2D eigenvalue weighted by Crippen LogP contribution is -2.36. The lowest BCUT2D eigenvalue weighted by atomic mass is 10.0. The number of rotatable bonds is 4. The normalized spacial score (nSPS) is 13.1. The quantitative estimate of drug-likeness (QED) is 0.781. The Morgan fingerprint density at radius 1 is 1.47 bits per heavy atom. The molecule has 1 aromatic carbocycles. The predicted octanol–water partition coefficient (Wildman–Crippen LogP) is 0.963. The van der Waals surface area contributed by atoms with E-state index in [-0.39, 0.29) is 11.8 Å². The van der Waals surface area contributed by atoms with Crippen LogP contribution in [0.2, 0.25) is 0 Å². The van der Waals surface area contributed by atoms with Gasteiger partial charge >= 0.3 is 0 Å². The number of nitrogens with zero attached hydrogens (tertiary/aromatic N) is 1. The molecule has 0 aliphatic rings. The van der Waals surface area contributed by atoms with Gasteiger partial charge in [0.1, 0.15) is 0 Å². The minimum Gasteiger partial charge on any atom is -0.505 e. The monoisotopic (exact) mass is 212 g/mol. The average Bonchev–Trinajstić information content (AvgIpc) is 2.19. The molecule has 0 spiro atoms. The van der Waals surface area contributed by atoms with E-state index in [2.05, 4.69) is 0 Å².